The Hall–Kier alpha value is -2.16. The molecule has 5 atom stereocenters. The zero-order chi connectivity index (χ0) is 18.4. The number of hydrogen-bond acceptors (Lipinski definition) is 9. The molecule has 0 radical (unpaired) electrons. The number of esters is 4. The Morgan fingerprint density at radius 3 is 1.75 bits per heavy atom. The van der Waals surface area contributed by atoms with E-state index in [4.69, 9.17) is 23.7 Å². The van der Waals surface area contributed by atoms with Crippen LogP contribution < -0.4 is 0 Å². The molecule has 136 valence electrons. The Morgan fingerprint density at radius 2 is 1.29 bits per heavy atom. The lowest BCUT2D eigenvalue weighted by Crippen LogP contribution is -2.58. The molecule has 1 aliphatic heterocycles. The van der Waals surface area contributed by atoms with Gasteiger partial charge in [-0.25, -0.2) is 0 Å². The standard InChI is InChI=1S/C15H22O9/c1-7-12(6-20-8(2)16)24-15(23-11(5)19)14(22-10(4)18)13(7)21-9(3)17/h7,12-15H,6H2,1-5H3/t7-,12-,13+,14-,15+/m1/s1. The molecule has 0 bridgehead atoms. The number of carbonyl (C=O) groups excluding carboxylic acids is 4. The molecule has 0 saturated carbocycles. The molecule has 9 heteroatoms. The highest BCUT2D eigenvalue weighted by molar-refractivity contribution is 5.68. The van der Waals surface area contributed by atoms with Gasteiger partial charge in [-0.05, 0) is 0 Å². The minimum atomic E-state index is -1.28. The molecular weight excluding hydrogens is 324 g/mol. The van der Waals surface area contributed by atoms with Gasteiger partial charge in [-0.1, -0.05) is 6.92 Å². The van der Waals surface area contributed by atoms with Crippen molar-refractivity contribution in [2.24, 2.45) is 5.92 Å². The van der Waals surface area contributed by atoms with Crippen LogP contribution in [0.25, 0.3) is 0 Å². The van der Waals surface area contributed by atoms with E-state index in [1.54, 1.807) is 6.92 Å². The smallest absolute Gasteiger partial charge is 0.305 e. The molecule has 0 aliphatic carbocycles. The third-order valence-corrected chi connectivity index (χ3v) is 3.34. The maximum Gasteiger partial charge on any atom is 0.305 e. The molecule has 1 rings (SSSR count). The number of carbonyl (C=O) groups is 4. The van der Waals surface area contributed by atoms with Gasteiger partial charge in [0.2, 0.25) is 12.4 Å². The van der Waals surface area contributed by atoms with E-state index in [2.05, 4.69) is 0 Å². The predicted molar refractivity (Wildman–Crippen MR) is 77.3 cm³/mol. The van der Waals surface area contributed by atoms with E-state index < -0.39 is 54.4 Å². The molecule has 0 N–H and O–H groups in total. The Morgan fingerprint density at radius 1 is 0.792 bits per heavy atom. The SMILES string of the molecule is CC(=O)OC[C@H]1O[C@H](OC(C)=O)[C@H](OC(C)=O)[C@@H](OC(C)=O)[C@@H]1C. The van der Waals surface area contributed by atoms with Crippen LogP contribution in [-0.4, -0.2) is 55.1 Å². The highest BCUT2D eigenvalue weighted by atomic mass is 16.7. The highest BCUT2D eigenvalue weighted by Gasteiger charge is 2.49. The van der Waals surface area contributed by atoms with Crippen LogP contribution in [0.2, 0.25) is 0 Å². The van der Waals surface area contributed by atoms with Gasteiger partial charge in [-0.2, -0.15) is 0 Å². The fraction of sp³-hybridized carbons (Fsp3) is 0.733. The Kier molecular flexibility index (Phi) is 7.15. The van der Waals surface area contributed by atoms with E-state index in [0.717, 1.165) is 6.92 Å². The van der Waals surface area contributed by atoms with Crippen LogP contribution in [0.1, 0.15) is 34.6 Å². The van der Waals surface area contributed by atoms with Crippen molar-refractivity contribution in [3.8, 4) is 0 Å². The summed E-state index contributed by atoms with van der Waals surface area (Å²) in [5.74, 6) is -2.91. The molecule has 1 fully saturated rings. The second kappa shape index (κ2) is 8.62. The van der Waals surface area contributed by atoms with Crippen LogP contribution in [-0.2, 0) is 42.9 Å². The fourth-order valence-electron chi connectivity index (χ4n) is 2.37. The van der Waals surface area contributed by atoms with Crippen LogP contribution in [0.4, 0.5) is 0 Å². The molecule has 0 amide bonds. The third kappa shape index (κ3) is 5.80. The van der Waals surface area contributed by atoms with E-state index >= 15 is 0 Å². The van der Waals surface area contributed by atoms with Crippen molar-refractivity contribution >= 4 is 23.9 Å². The van der Waals surface area contributed by atoms with Crippen molar-refractivity contribution in [1.82, 2.24) is 0 Å². The number of rotatable bonds is 5. The van der Waals surface area contributed by atoms with Gasteiger partial charge in [0.1, 0.15) is 18.8 Å². The summed E-state index contributed by atoms with van der Waals surface area (Å²) in [4.78, 5) is 45.0. The van der Waals surface area contributed by atoms with Crippen LogP contribution in [0, 0.1) is 5.92 Å². The first kappa shape index (κ1) is 19.9. The minimum absolute atomic E-state index is 0.126. The maximum atomic E-state index is 11.4. The molecule has 0 aromatic carbocycles. The summed E-state index contributed by atoms with van der Waals surface area (Å²) in [5, 5.41) is 0. The van der Waals surface area contributed by atoms with Gasteiger partial charge in [-0.15, -0.1) is 0 Å². The normalized spacial score (nSPS) is 29.3. The van der Waals surface area contributed by atoms with Crippen molar-refractivity contribution in [3.05, 3.63) is 0 Å². The summed E-state index contributed by atoms with van der Waals surface area (Å²) in [6.07, 6.45) is -4.05. The van der Waals surface area contributed by atoms with Gasteiger partial charge in [0.25, 0.3) is 0 Å². The van der Waals surface area contributed by atoms with Crippen molar-refractivity contribution in [1.29, 1.82) is 0 Å². The topological polar surface area (TPSA) is 114 Å². The lowest BCUT2D eigenvalue weighted by Gasteiger charge is -2.43. The van der Waals surface area contributed by atoms with Gasteiger partial charge in [-0.3, -0.25) is 19.2 Å². The largest absolute Gasteiger partial charge is 0.463 e. The Balaban J connectivity index is 3.07. The average molecular weight is 346 g/mol. The van der Waals surface area contributed by atoms with E-state index in [1.807, 2.05) is 0 Å². The zero-order valence-electron chi connectivity index (χ0n) is 14.3. The van der Waals surface area contributed by atoms with Gasteiger partial charge in [0.05, 0.1) is 0 Å². The fourth-order valence-corrected chi connectivity index (χ4v) is 2.37. The third-order valence-electron chi connectivity index (χ3n) is 3.34. The summed E-state index contributed by atoms with van der Waals surface area (Å²) in [6, 6.07) is 0. The molecule has 0 aromatic rings. The predicted octanol–water partition coefficient (Wildman–Crippen LogP) is 0.337. The molecule has 0 aromatic heterocycles. The van der Waals surface area contributed by atoms with E-state index in [-0.39, 0.29) is 6.61 Å². The maximum absolute atomic E-state index is 11.4. The van der Waals surface area contributed by atoms with Gasteiger partial charge in [0, 0.05) is 33.6 Å². The first-order valence-corrected chi connectivity index (χ1v) is 7.42. The van der Waals surface area contributed by atoms with Crippen LogP contribution in [0.5, 0.6) is 0 Å². The first-order valence-electron chi connectivity index (χ1n) is 7.42. The zero-order valence-corrected chi connectivity index (χ0v) is 14.3. The average Bonchev–Trinajstić information content (AvgIpc) is 2.42. The quantitative estimate of drug-likeness (QED) is 0.513. The summed E-state index contributed by atoms with van der Waals surface area (Å²) < 4.78 is 25.9. The molecular formula is C15H22O9. The van der Waals surface area contributed by atoms with Crippen molar-refractivity contribution in [2.45, 2.75) is 59.2 Å². The molecule has 1 aliphatic rings. The van der Waals surface area contributed by atoms with Crippen LogP contribution >= 0.6 is 0 Å². The second-order valence-electron chi connectivity index (χ2n) is 5.46. The van der Waals surface area contributed by atoms with E-state index in [0.29, 0.717) is 0 Å². The molecule has 0 spiro atoms. The summed E-state index contributed by atoms with van der Waals surface area (Å²) in [7, 11) is 0. The minimum Gasteiger partial charge on any atom is -0.463 e. The van der Waals surface area contributed by atoms with Gasteiger partial charge < -0.3 is 23.7 Å². The van der Waals surface area contributed by atoms with E-state index in [9.17, 15) is 19.2 Å². The lowest BCUT2D eigenvalue weighted by molar-refractivity contribution is -0.286. The number of hydrogen-bond donors (Lipinski definition) is 0. The van der Waals surface area contributed by atoms with Crippen LogP contribution in [0.3, 0.4) is 0 Å². The highest BCUT2D eigenvalue weighted by Crippen LogP contribution is 2.31. The first-order chi connectivity index (χ1) is 11.1. The number of ether oxygens (including phenoxy) is 5. The Bertz CT molecular complexity index is 501. The lowest BCUT2D eigenvalue weighted by atomic mass is 9.90. The second-order valence-corrected chi connectivity index (χ2v) is 5.46. The summed E-state index contributed by atoms with van der Waals surface area (Å²) >= 11 is 0. The summed E-state index contributed by atoms with van der Waals surface area (Å²) in [6.45, 7) is 6.33. The van der Waals surface area contributed by atoms with Gasteiger partial charge in [0.15, 0.2) is 0 Å². The van der Waals surface area contributed by atoms with Crippen molar-refractivity contribution in [2.75, 3.05) is 6.61 Å². The Labute approximate surface area is 139 Å². The molecule has 0 unspecified atom stereocenters. The molecule has 1 saturated heterocycles. The van der Waals surface area contributed by atoms with Gasteiger partial charge >= 0.3 is 23.9 Å². The van der Waals surface area contributed by atoms with Crippen molar-refractivity contribution < 1.29 is 42.9 Å². The molecule has 1 heterocycles. The van der Waals surface area contributed by atoms with Crippen molar-refractivity contribution in [3.63, 3.8) is 0 Å². The molecule has 24 heavy (non-hydrogen) atoms. The van der Waals surface area contributed by atoms with E-state index in [1.165, 1.54) is 20.8 Å². The monoisotopic (exact) mass is 346 g/mol. The molecule has 9 nitrogen and oxygen atoms in total. The van der Waals surface area contributed by atoms with Crippen LogP contribution in [0.15, 0.2) is 0 Å². The summed E-state index contributed by atoms with van der Waals surface area (Å²) in [5.41, 5.74) is 0.